The van der Waals surface area contributed by atoms with E-state index in [4.69, 9.17) is 9.15 Å². The lowest BCUT2D eigenvalue weighted by Crippen LogP contribution is -2.34. The molecule has 0 aliphatic carbocycles. The second kappa shape index (κ2) is 8.13. The van der Waals surface area contributed by atoms with Gasteiger partial charge in [0.05, 0.1) is 22.9 Å². The number of β-amino-alcohol motifs (C(OH)–C–C–N with tert-alkyl or cyclic N) is 1. The second-order valence-electron chi connectivity index (χ2n) is 9.41. The van der Waals surface area contributed by atoms with Gasteiger partial charge in [0.1, 0.15) is 22.6 Å². The molecule has 1 aliphatic rings. The minimum absolute atomic E-state index is 0.137. The molecule has 0 saturated carbocycles. The van der Waals surface area contributed by atoms with Crippen LogP contribution in [0.5, 0.6) is 11.5 Å². The summed E-state index contributed by atoms with van der Waals surface area (Å²) in [6.45, 7) is 8.06. The van der Waals surface area contributed by atoms with Gasteiger partial charge < -0.3 is 24.5 Å². The molecule has 0 bridgehead atoms. The van der Waals surface area contributed by atoms with Crippen LogP contribution in [0.4, 0.5) is 0 Å². The molecule has 1 fully saturated rings. The zero-order valence-corrected chi connectivity index (χ0v) is 20.4. The van der Waals surface area contributed by atoms with Crippen molar-refractivity contribution < 1.29 is 23.8 Å². The summed E-state index contributed by atoms with van der Waals surface area (Å²) in [5, 5.41) is 18.0. The number of aryl methyl sites for hydroxylation is 3. The molecule has 0 spiro atoms. The first-order valence-electron chi connectivity index (χ1n) is 11.5. The number of nitrogens with zero attached hydrogens (tertiary/aromatic N) is 3. The van der Waals surface area contributed by atoms with Crippen molar-refractivity contribution in [3.05, 3.63) is 58.6 Å². The zero-order chi connectivity index (χ0) is 25.1. The third-order valence-corrected chi connectivity index (χ3v) is 6.77. The Labute approximate surface area is 202 Å². The molecule has 1 aromatic carbocycles. The topological polar surface area (TPSA) is 109 Å². The molecule has 2 amide bonds. The van der Waals surface area contributed by atoms with Gasteiger partial charge in [0.2, 0.25) is 0 Å². The number of fused-ring (bicyclic) bond motifs is 2. The summed E-state index contributed by atoms with van der Waals surface area (Å²) in [6.07, 6.45) is 3.87. The van der Waals surface area contributed by atoms with E-state index in [1.807, 2.05) is 26.0 Å². The first-order valence-corrected chi connectivity index (χ1v) is 11.5. The standard InChI is InChI=1S/C26H28N4O5/c1-14-18(25(32)29-11-9-26(4,33)13-29)12-30-22(14)20(8-10-28-30)35-19-7-6-17-21(24(31)27-5)16(3)34-23(17)15(19)2/h6-8,10,12,33H,9,11,13H2,1-5H3,(H,27,31)/t26-/m0/s1. The largest absolute Gasteiger partial charge is 0.460 e. The van der Waals surface area contributed by atoms with Gasteiger partial charge >= 0.3 is 0 Å². The number of hydrogen-bond donors (Lipinski definition) is 2. The number of carbonyl (C=O) groups excluding carboxylic acids is 2. The van der Waals surface area contributed by atoms with Crippen molar-refractivity contribution in [2.24, 2.45) is 0 Å². The summed E-state index contributed by atoms with van der Waals surface area (Å²) in [4.78, 5) is 27.2. The summed E-state index contributed by atoms with van der Waals surface area (Å²) in [5.41, 5.74) is 2.95. The maximum absolute atomic E-state index is 13.2. The van der Waals surface area contributed by atoms with Crippen LogP contribution in [0, 0.1) is 20.8 Å². The number of rotatable bonds is 4. The molecule has 4 aromatic rings. The highest BCUT2D eigenvalue weighted by Gasteiger charge is 2.35. The first-order chi connectivity index (χ1) is 16.6. The van der Waals surface area contributed by atoms with E-state index in [0.29, 0.717) is 59.0 Å². The van der Waals surface area contributed by atoms with Gasteiger partial charge in [-0.25, -0.2) is 4.52 Å². The molecule has 0 radical (unpaired) electrons. The van der Waals surface area contributed by atoms with E-state index in [-0.39, 0.29) is 11.8 Å². The molecule has 4 heterocycles. The van der Waals surface area contributed by atoms with E-state index in [1.165, 1.54) is 0 Å². The summed E-state index contributed by atoms with van der Waals surface area (Å²) >= 11 is 0. The first kappa shape index (κ1) is 22.9. The summed E-state index contributed by atoms with van der Waals surface area (Å²) in [7, 11) is 1.59. The Morgan fingerprint density at radius 2 is 1.94 bits per heavy atom. The van der Waals surface area contributed by atoms with Gasteiger partial charge in [-0.3, -0.25) is 9.59 Å². The van der Waals surface area contributed by atoms with Crippen molar-refractivity contribution in [3.63, 3.8) is 0 Å². The number of furan rings is 1. The number of amides is 2. The van der Waals surface area contributed by atoms with Crippen LogP contribution in [0.2, 0.25) is 0 Å². The van der Waals surface area contributed by atoms with E-state index in [1.54, 1.807) is 48.8 Å². The number of benzene rings is 1. The lowest BCUT2D eigenvalue weighted by Gasteiger charge is -2.18. The van der Waals surface area contributed by atoms with Crippen LogP contribution in [-0.4, -0.2) is 57.2 Å². The third-order valence-electron chi connectivity index (χ3n) is 6.77. The molecule has 0 unspecified atom stereocenters. The van der Waals surface area contributed by atoms with Crippen molar-refractivity contribution in [3.8, 4) is 11.5 Å². The highest BCUT2D eigenvalue weighted by Crippen LogP contribution is 2.37. The number of nitrogens with one attached hydrogen (secondary N) is 1. The molecular weight excluding hydrogens is 448 g/mol. The highest BCUT2D eigenvalue weighted by molar-refractivity contribution is 6.08. The van der Waals surface area contributed by atoms with Crippen molar-refractivity contribution in [1.29, 1.82) is 0 Å². The summed E-state index contributed by atoms with van der Waals surface area (Å²) in [5.74, 6) is 1.32. The average molecular weight is 477 g/mol. The van der Waals surface area contributed by atoms with Crippen LogP contribution in [-0.2, 0) is 0 Å². The Bertz CT molecular complexity index is 1500. The fraction of sp³-hybridized carbons (Fsp3) is 0.346. The van der Waals surface area contributed by atoms with Crippen LogP contribution in [0.25, 0.3) is 16.5 Å². The average Bonchev–Trinajstić information content (AvgIpc) is 3.47. The molecular formula is C26H28N4O5. The number of ether oxygens (including phenoxy) is 1. The van der Waals surface area contributed by atoms with Gasteiger partial charge in [-0.2, -0.15) is 5.10 Å². The quantitative estimate of drug-likeness (QED) is 0.464. The molecule has 1 saturated heterocycles. The Morgan fingerprint density at radius 1 is 1.17 bits per heavy atom. The lowest BCUT2D eigenvalue weighted by molar-refractivity contribution is 0.0572. The van der Waals surface area contributed by atoms with Crippen molar-refractivity contribution >= 4 is 28.3 Å². The fourth-order valence-corrected chi connectivity index (χ4v) is 4.84. The Morgan fingerprint density at radius 3 is 2.63 bits per heavy atom. The molecule has 2 N–H and O–H groups in total. The molecule has 9 nitrogen and oxygen atoms in total. The van der Waals surface area contributed by atoms with Crippen LogP contribution in [0.3, 0.4) is 0 Å². The number of aliphatic hydroxyl groups is 1. The van der Waals surface area contributed by atoms with Crippen LogP contribution in [0.1, 0.15) is 50.9 Å². The van der Waals surface area contributed by atoms with Crippen molar-refractivity contribution in [2.45, 2.75) is 39.7 Å². The minimum Gasteiger partial charge on any atom is -0.460 e. The van der Waals surface area contributed by atoms with Gasteiger partial charge in [-0.15, -0.1) is 0 Å². The second-order valence-corrected chi connectivity index (χ2v) is 9.41. The Balaban J connectivity index is 1.53. The molecule has 35 heavy (non-hydrogen) atoms. The normalized spacial score (nSPS) is 17.9. The molecule has 9 heteroatoms. The van der Waals surface area contributed by atoms with E-state index >= 15 is 0 Å². The smallest absolute Gasteiger partial charge is 0.255 e. The minimum atomic E-state index is -0.868. The van der Waals surface area contributed by atoms with Crippen molar-refractivity contribution in [2.75, 3.05) is 20.1 Å². The van der Waals surface area contributed by atoms with Gasteiger partial charge in [0.25, 0.3) is 11.8 Å². The molecule has 5 rings (SSSR count). The number of aromatic nitrogens is 2. The number of carbonyl (C=O) groups is 2. The van der Waals surface area contributed by atoms with Crippen LogP contribution >= 0.6 is 0 Å². The highest BCUT2D eigenvalue weighted by atomic mass is 16.5. The molecule has 1 atom stereocenters. The van der Waals surface area contributed by atoms with Crippen molar-refractivity contribution in [1.82, 2.24) is 19.8 Å². The van der Waals surface area contributed by atoms with Gasteiger partial charge in [-0.05, 0) is 51.8 Å². The lowest BCUT2D eigenvalue weighted by atomic mass is 10.1. The summed E-state index contributed by atoms with van der Waals surface area (Å²) in [6, 6.07) is 5.38. The third kappa shape index (κ3) is 3.72. The van der Waals surface area contributed by atoms with Crippen LogP contribution < -0.4 is 10.1 Å². The summed E-state index contributed by atoms with van der Waals surface area (Å²) < 4.78 is 13.9. The van der Waals surface area contributed by atoms with E-state index in [2.05, 4.69) is 10.4 Å². The molecule has 3 aromatic heterocycles. The maximum atomic E-state index is 13.2. The zero-order valence-electron chi connectivity index (χ0n) is 20.4. The maximum Gasteiger partial charge on any atom is 0.255 e. The number of likely N-dealkylation sites (tertiary alicyclic amines) is 1. The fourth-order valence-electron chi connectivity index (χ4n) is 4.84. The van der Waals surface area contributed by atoms with Crippen LogP contribution in [0.15, 0.2) is 35.0 Å². The van der Waals surface area contributed by atoms with Gasteiger partial charge in [-0.1, -0.05) is 0 Å². The molecule has 1 aliphatic heterocycles. The molecule has 182 valence electrons. The monoisotopic (exact) mass is 476 g/mol. The SMILES string of the molecule is CNC(=O)c1c(C)oc2c(C)c(Oc3ccnn4cc(C(=O)N5CC[C@](C)(O)C5)c(C)c34)ccc12. The van der Waals surface area contributed by atoms with E-state index in [9.17, 15) is 14.7 Å². The predicted octanol–water partition coefficient (Wildman–Crippen LogP) is 3.75. The van der Waals surface area contributed by atoms with E-state index in [0.717, 1.165) is 16.5 Å². The van der Waals surface area contributed by atoms with E-state index < -0.39 is 5.60 Å². The predicted molar refractivity (Wildman–Crippen MR) is 130 cm³/mol. The van der Waals surface area contributed by atoms with Gasteiger partial charge in [0.15, 0.2) is 5.75 Å². The van der Waals surface area contributed by atoms with Gasteiger partial charge in [0, 0.05) is 43.4 Å². The Hall–Kier alpha value is -3.85. The Kier molecular flexibility index (Phi) is 5.32. The number of hydrogen-bond acceptors (Lipinski definition) is 6.